The van der Waals surface area contributed by atoms with Crippen molar-refractivity contribution in [2.75, 3.05) is 18.5 Å². The summed E-state index contributed by atoms with van der Waals surface area (Å²) in [5.41, 5.74) is 6.02. The Morgan fingerprint density at radius 2 is 2.07 bits per heavy atom. The maximum Gasteiger partial charge on any atom is 0.227 e. The number of rotatable bonds is 3. The first-order chi connectivity index (χ1) is 7.06. The summed E-state index contributed by atoms with van der Waals surface area (Å²) in [4.78, 5) is 13.0. The number of carbonyl (C=O) groups excluding carboxylic acids is 1. The highest BCUT2D eigenvalue weighted by Gasteiger charge is 2.10. The zero-order chi connectivity index (χ0) is 11.4. The minimum atomic E-state index is -0.0455. The average Bonchev–Trinajstić information content (AvgIpc) is 2.21. The molecule has 5 heteroatoms. The van der Waals surface area contributed by atoms with Crippen LogP contribution in [0.2, 0.25) is 10.0 Å². The molecule has 0 spiro atoms. The monoisotopic (exact) mass is 246 g/mol. The van der Waals surface area contributed by atoms with E-state index in [0.717, 1.165) is 0 Å². The molecule has 0 aliphatic rings. The Balaban J connectivity index is 2.86. The van der Waals surface area contributed by atoms with Crippen LogP contribution in [0.25, 0.3) is 0 Å². The molecule has 1 aromatic rings. The zero-order valence-corrected chi connectivity index (χ0v) is 9.85. The molecule has 0 aliphatic heterocycles. The van der Waals surface area contributed by atoms with Crippen molar-refractivity contribution in [1.29, 1.82) is 0 Å². The lowest BCUT2D eigenvalue weighted by molar-refractivity contribution is -0.118. The van der Waals surface area contributed by atoms with Crippen molar-refractivity contribution in [2.24, 2.45) is 5.73 Å². The van der Waals surface area contributed by atoms with Gasteiger partial charge in [0.2, 0.25) is 5.91 Å². The summed E-state index contributed by atoms with van der Waals surface area (Å²) in [5, 5.41) is 0.904. The van der Waals surface area contributed by atoms with Crippen molar-refractivity contribution >= 4 is 34.8 Å². The minimum Gasteiger partial charge on any atom is -0.330 e. The summed E-state index contributed by atoms with van der Waals surface area (Å²) in [6, 6.07) is 5.05. The summed E-state index contributed by atoms with van der Waals surface area (Å²) in [6.07, 6.45) is 0.316. The lowest BCUT2D eigenvalue weighted by Crippen LogP contribution is -2.28. The average molecular weight is 247 g/mol. The zero-order valence-electron chi connectivity index (χ0n) is 8.34. The number of nitrogens with zero attached hydrogens (tertiary/aromatic N) is 1. The molecular weight excluding hydrogens is 235 g/mol. The molecule has 1 aromatic carbocycles. The fraction of sp³-hybridized carbons (Fsp3) is 0.300. The quantitative estimate of drug-likeness (QED) is 0.890. The Kier molecular flexibility index (Phi) is 4.39. The number of halogens is 2. The topological polar surface area (TPSA) is 46.3 Å². The van der Waals surface area contributed by atoms with Crippen LogP contribution in [0.1, 0.15) is 6.42 Å². The van der Waals surface area contributed by atoms with E-state index in [9.17, 15) is 4.79 Å². The van der Waals surface area contributed by atoms with E-state index in [1.807, 2.05) is 0 Å². The molecule has 2 N–H and O–H groups in total. The van der Waals surface area contributed by atoms with Crippen LogP contribution in [0.15, 0.2) is 18.2 Å². The van der Waals surface area contributed by atoms with Gasteiger partial charge in [-0.05, 0) is 18.2 Å². The van der Waals surface area contributed by atoms with E-state index >= 15 is 0 Å². The molecule has 0 radical (unpaired) electrons. The molecule has 1 rings (SSSR count). The summed E-state index contributed by atoms with van der Waals surface area (Å²) >= 11 is 11.6. The number of nitrogens with two attached hydrogens (primary N) is 1. The second-order valence-electron chi connectivity index (χ2n) is 3.09. The fourth-order valence-corrected chi connectivity index (χ4v) is 1.42. The molecule has 3 nitrogen and oxygen atoms in total. The number of carbonyl (C=O) groups is 1. The van der Waals surface area contributed by atoms with Crippen molar-refractivity contribution in [3.05, 3.63) is 28.2 Å². The van der Waals surface area contributed by atoms with Gasteiger partial charge in [0.05, 0.1) is 10.0 Å². The number of amides is 1. The molecule has 0 bridgehead atoms. The summed E-state index contributed by atoms with van der Waals surface area (Å²) in [7, 11) is 1.68. The van der Waals surface area contributed by atoms with Crippen LogP contribution in [0.3, 0.4) is 0 Å². The molecule has 0 heterocycles. The van der Waals surface area contributed by atoms with Gasteiger partial charge in [-0.15, -0.1) is 0 Å². The normalized spacial score (nSPS) is 10.1. The van der Waals surface area contributed by atoms with Crippen LogP contribution in [0, 0.1) is 0 Å². The molecule has 1 amide bonds. The van der Waals surface area contributed by atoms with E-state index in [-0.39, 0.29) is 5.91 Å². The van der Waals surface area contributed by atoms with Gasteiger partial charge in [-0.3, -0.25) is 4.79 Å². The van der Waals surface area contributed by atoms with Gasteiger partial charge in [0.25, 0.3) is 0 Å². The van der Waals surface area contributed by atoms with Crippen molar-refractivity contribution in [3.8, 4) is 0 Å². The predicted molar refractivity (Wildman–Crippen MR) is 63.5 cm³/mol. The highest BCUT2D eigenvalue weighted by molar-refractivity contribution is 6.42. The molecule has 0 atom stereocenters. The first-order valence-electron chi connectivity index (χ1n) is 4.48. The Morgan fingerprint density at radius 3 is 2.60 bits per heavy atom. The van der Waals surface area contributed by atoms with Crippen molar-refractivity contribution < 1.29 is 4.79 Å². The van der Waals surface area contributed by atoms with E-state index in [0.29, 0.717) is 28.7 Å². The Morgan fingerprint density at radius 1 is 1.40 bits per heavy atom. The molecular formula is C10H12Cl2N2O. The van der Waals surface area contributed by atoms with Crippen molar-refractivity contribution in [3.63, 3.8) is 0 Å². The van der Waals surface area contributed by atoms with Crippen LogP contribution in [0.5, 0.6) is 0 Å². The summed E-state index contributed by atoms with van der Waals surface area (Å²) in [5.74, 6) is -0.0455. The van der Waals surface area contributed by atoms with E-state index in [4.69, 9.17) is 28.9 Å². The number of anilines is 1. The first-order valence-corrected chi connectivity index (χ1v) is 5.23. The van der Waals surface area contributed by atoms with E-state index < -0.39 is 0 Å². The van der Waals surface area contributed by atoms with Gasteiger partial charge in [0, 0.05) is 25.7 Å². The van der Waals surface area contributed by atoms with Crippen molar-refractivity contribution in [1.82, 2.24) is 0 Å². The van der Waals surface area contributed by atoms with Gasteiger partial charge in [-0.1, -0.05) is 23.2 Å². The third-order valence-electron chi connectivity index (χ3n) is 2.02. The molecule has 0 aliphatic carbocycles. The molecule has 15 heavy (non-hydrogen) atoms. The predicted octanol–water partition coefficient (Wildman–Crippen LogP) is 2.31. The van der Waals surface area contributed by atoms with Gasteiger partial charge in [-0.2, -0.15) is 0 Å². The molecule has 0 saturated carbocycles. The first kappa shape index (κ1) is 12.3. The van der Waals surface area contributed by atoms with Gasteiger partial charge in [0.15, 0.2) is 0 Å². The molecule has 0 saturated heterocycles. The Labute approximate surface area is 98.8 Å². The second kappa shape index (κ2) is 5.35. The summed E-state index contributed by atoms with van der Waals surface area (Å²) in [6.45, 7) is 0.338. The SMILES string of the molecule is CN(C(=O)CCN)c1ccc(Cl)c(Cl)c1. The fourth-order valence-electron chi connectivity index (χ4n) is 1.13. The second-order valence-corrected chi connectivity index (χ2v) is 3.90. The lowest BCUT2D eigenvalue weighted by atomic mass is 10.2. The van der Waals surface area contributed by atoms with E-state index in [1.165, 1.54) is 4.90 Å². The highest BCUT2D eigenvalue weighted by Crippen LogP contribution is 2.26. The Hall–Kier alpha value is -0.770. The van der Waals surface area contributed by atoms with Crippen LogP contribution >= 0.6 is 23.2 Å². The summed E-state index contributed by atoms with van der Waals surface area (Å²) < 4.78 is 0. The third kappa shape index (κ3) is 3.09. The number of hydrogen-bond donors (Lipinski definition) is 1. The van der Waals surface area contributed by atoms with Gasteiger partial charge < -0.3 is 10.6 Å². The standard InChI is InChI=1S/C10H12Cl2N2O/c1-14(10(15)4-5-13)7-2-3-8(11)9(12)6-7/h2-3,6H,4-5,13H2,1H3. The van der Waals surface area contributed by atoms with Crippen LogP contribution < -0.4 is 10.6 Å². The van der Waals surface area contributed by atoms with E-state index in [2.05, 4.69) is 0 Å². The highest BCUT2D eigenvalue weighted by atomic mass is 35.5. The molecule has 82 valence electrons. The molecule has 0 fully saturated rings. The molecule has 0 aromatic heterocycles. The maximum absolute atomic E-state index is 11.5. The van der Waals surface area contributed by atoms with Crippen LogP contribution in [-0.4, -0.2) is 19.5 Å². The lowest BCUT2D eigenvalue weighted by Gasteiger charge is -2.17. The minimum absolute atomic E-state index is 0.0455. The van der Waals surface area contributed by atoms with Crippen LogP contribution in [0.4, 0.5) is 5.69 Å². The molecule has 0 unspecified atom stereocenters. The largest absolute Gasteiger partial charge is 0.330 e. The van der Waals surface area contributed by atoms with Gasteiger partial charge in [0.1, 0.15) is 0 Å². The van der Waals surface area contributed by atoms with Gasteiger partial charge >= 0.3 is 0 Å². The number of benzene rings is 1. The van der Waals surface area contributed by atoms with Gasteiger partial charge in [-0.25, -0.2) is 0 Å². The van der Waals surface area contributed by atoms with Crippen molar-refractivity contribution in [2.45, 2.75) is 6.42 Å². The third-order valence-corrected chi connectivity index (χ3v) is 2.76. The smallest absolute Gasteiger partial charge is 0.227 e. The number of hydrogen-bond acceptors (Lipinski definition) is 2. The Bertz CT molecular complexity index is 368. The van der Waals surface area contributed by atoms with E-state index in [1.54, 1.807) is 25.2 Å². The maximum atomic E-state index is 11.5. The van der Waals surface area contributed by atoms with Crippen LogP contribution in [-0.2, 0) is 4.79 Å².